The molecule has 0 unspecified atom stereocenters. The van der Waals surface area contributed by atoms with Crippen molar-refractivity contribution in [3.8, 4) is 22.3 Å². The minimum Gasteiger partial charge on any atom is -0.236 e. The number of hydrogen-bond acceptors (Lipinski definition) is 2. The third kappa shape index (κ3) is 3.05. The minimum atomic E-state index is 0.893. The van der Waals surface area contributed by atoms with Gasteiger partial charge in [-0.15, -0.1) is 0 Å². The van der Waals surface area contributed by atoms with Crippen LogP contribution in [0.15, 0.2) is 67.1 Å². The number of fused-ring (bicyclic) bond motifs is 1. The average molecular weight is 327 g/mol. The van der Waals surface area contributed by atoms with Gasteiger partial charge in [-0.25, -0.2) is 9.50 Å². The zero-order chi connectivity index (χ0) is 17.2. The van der Waals surface area contributed by atoms with E-state index in [0.29, 0.717) is 0 Å². The molecule has 4 rings (SSSR count). The van der Waals surface area contributed by atoms with Gasteiger partial charge in [0.05, 0.1) is 6.20 Å². The highest BCUT2D eigenvalue weighted by Gasteiger charge is 2.10. The standard InChI is InChI=1S/C22H21N3/c1-3-5-17-6-4-7-19(12-17)21-14-24-25-15-20(13-23-22(21)25)18-10-8-16(2)9-11-18/h4,6-15H,3,5H2,1-2H3. The van der Waals surface area contributed by atoms with E-state index in [1.807, 2.05) is 23.1 Å². The summed E-state index contributed by atoms with van der Waals surface area (Å²) in [5, 5.41) is 4.53. The smallest absolute Gasteiger partial charge is 0.162 e. The van der Waals surface area contributed by atoms with Crippen LogP contribution >= 0.6 is 0 Å². The molecule has 0 bridgehead atoms. The van der Waals surface area contributed by atoms with Gasteiger partial charge in [0.2, 0.25) is 0 Å². The maximum atomic E-state index is 4.69. The van der Waals surface area contributed by atoms with E-state index in [-0.39, 0.29) is 0 Å². The van der Waals surface area contributed by atoms with E-state index in [9.17, 15) is 0 Å². The Kier molecular flexibility index (Phi) is 4.06. The summed E-state index contributed by atoms with van der Waals surface area (Å²) < 4.78 is 1.87. The maximum Gasteiger partial charge on any atom is 0.162 e. The topological polar surface area (TPSA) is 30.2 Å². The van der Waals surface area contributed by atoms with E-state index in [4.69, 9.17) is 4.98 Å². The molecule has 0 spiro atoms. The minimum absolute atomic E-state index is 0.893. The Balaban J connectivity index is 1.75. The van der Waals surface area contributed by atoms with Crippen LogP contribution in [-0.4, -0.2) is 14.6 Å². The van der Waals surface area contributed by atoms with Crippen LogP contribution in [0.25, 0.3) is 27.9 Å². The van der Waals surface area contributed by atoms with Crippen LogP contribution < -0.4 is 0 Å². The molecule has 0 aliphatic carbocycles. The van der Waals surface area contributed by atoms with Crippen molar-refractivity contribution in [1.82, 2.24) is 14.6 Å². The summed E-state index contributed by atoms with van der Waals surface area (Å²) in [6, 6.07) is 17.2. The van der Waals surface area contributed by atoms with Crippen LogP contribution in [0.1, 0.15) is 24.5 Å². The summed E-state index contributed by atoms with van der Waals surface area (Å²) in [6.45, 7) is 4.30. The van der Waals surface area contributed by atoms with Crippen molar-refractivity contribution in [2.24, 2.45) is 0 Å². The molecular formula is C22H21N3. The second-order valence-electron chi connectivity index (χ2n) is 6.49. The fourth-order valence-corrected chi connectivity index (χ4v) is 3.16. The molecule has 25 heavy (non-hydrogen) atoms. The quantitative estimate of drug-likeness (QED) is 0.507. The first-order valence-electron chi connectivity index (χ1n) is 8.74. The summed E-state index contributed by atoms with van der Waals surface area (Å²) in [5.41, 5.74) is 7.99. The van der Waals surface area contributed by atoms with Crippen LogP contribution in [0, 0.1) is 6.92 Å². The van der Waals surface area contributed by atoms with Gasteiger partial charge in [-0.3, -0.25) is 0 Å². The molecular weight excluding hydrogens is 306 g/mol. The van der Waals surface area contributed by atoms with Gasteiger partial charge in [-0.2, -0.15) is 5.10 Å². The summed E-state index contributed by atoms with van der Waals surface area (Å²) in [5.74, 6) is 0. The van der Waals surface area contributed by atoms with Gasteiger partial charge >= 0.3 is 0 Å². The van der Waals surface area contributed by atoms with E-state index >= 15 is 0 Å². The van der Waals surface area contributed by atoms with Crippen LogP contribution in [0.5, 0.6) is 0 Å². The average Bonchev–Trinajstić information content (AvgIpc) is 3.06. The number of rotatable bonds is 4. The van der Waals surface area contributed by atoms with Crippen molar-refractivity contribution in [2.75, 3.05) is 0 Å². The monoisotopic (exact) mass is 327 g/mol. The second-order valence-corrected chi connectivity index (χ2v) is 6.49. The molecule has 2 heterocycles. The Bertz CT molecular complexity index is 1010. The third-order valence-electron chi connectivity index (χ3n) is 4.52. The van der Waals surface area contributed by atoms with E-state index in [0.717, 1.165) is 35.2 Å². The Morgan fingerprint density at radius 2 is 1.76 bits per heavy atom. The van der Waals surface area contributed by atoms with Crippen LogP contribution in [0.4, 0.5) is 0 Å². The molecule has 2 aromatic carbocycles. The van der Waals surface area contributed by atoms with Gasteiger partial charge in [0.1, 0.15) is 0 Å². The lowest BCUT2D eigenvalue weighted by Crippen LogP contribution is -1.92. The Morgan fingerprint density at radius 3 is 2.56 bits per heavy atom. The molecule has 0 fully saturated rings. The van der Waals surface area contributed by atoms with Gasteiger partial charge in [-0.05, 0) is 30.0 Å². The van der Waals surface area contributed by atoms with Gasteiger partial charge in [0, 0.05) is 23.5 Å². The van der Waals surface area contributed by atoms with Gasteiger partial charge in [0.25, 0.3) is 0 Å². The van der Waals surface area contributed by atoms with Crippen LogP contribution in [-0.2, 0) is 6.42 Å². The lowest BCUT2D eigenvalue weighted by molar-refractivity contribution is 0.922. The second kappa shape index (κ2) is 6.52. The fraction of sp³-hybridized carbons (Fsp3) is 0.182. The molecule has 0 atom stereocenters. The molecule has 0 amide bonds. The summed E-state index contributed by atoms with van der Waals surface area (Å²) >= 11 is 0. The molecule has 0 aliphatic rings. The van der Waals surface area contributed by atoms with Crippen LogP contribution in [0.2, 0.25) is 0 Å². The summed E-state index contributed by atoms with van der Waals surface area (Å²) in [6.07, 6.45) is 8.13. The normalized spacial score (nSPS) is 11.1. The number of hydrogen-bond donors (Lipinski definition) is 0. The predicted octanol–water partition coefficient (Wildman–Crippen LogP) is 5.32. The van der Waals surface area contributed by atoms with Crippen LogP contribution in [0.3, 0.4) is 0 Å². The molecule has 0 N–H and O–H groups in total. The Hall–Kier alpha value is -2.94. The van der Waals surface area contributed by atoms with Crippen molar-refractivity contribution < 1.29 is 0 Å². The first-order chi connectivity index (χ1) is 12.2. The van der Waals surface area contributed by atoms with Crippen molar-refractivity contribution in [1.29, 1.82) is 0 Å². The fourth-order valence-electron chi connectivity index (χ4n) is 3.16. The Labute approximate surface area is 148 Å². The van der Waals surface area contributed by atoms with E-state index in [1.54, 1.807) is 0 Å². The largest absolute Gasteiger partial charge is 0.236 e. The van der Waals surface area contributed by atoms with Gasteiger partial charge in [0.15, 0.2) is 5.65 Å². The molecule has 3 nitrogen and oxygen atoms in total. The molecule has 4 aromatic rings. The first kappa shape index (κ1) is 15.6. The molecule has 2 aromatic heterocycles. The lowest BCUT2D eigenvalue weighted by atomic mass is 10.0. The van der Waals surface area contributed by atoms with Gasteiger partial charge in [-0.1, -0.05) is 67.4 Å². The van der Waals surface area contributed by atoms with Crippen molar-refractivity contribution in [3.63, 3.8) is 0 Å². The molecule has 124 valence electrons. The number of nitrogens with zero attached hydrogens (tertiary/aromatic N) is 3. The SMILES string of the molecule is CCCc1cccc(-c2cnn3cc(-c4ccc(C)cc4)cnc23)c1. The van der Waals surface area contributed by atoms with E-state index < -0.39 is 0 Å². The highest BCUT2D eigenvalue weighted by Crippen LogP contribution is 2.26. The summed E-state index contributed by atoms with van der Waals surface area (Å²) in [7, 11) is 0. The zero-order valence-corrected chi connectivity index (χ0v) is 14.6. The lowest BCUT2D eigenvalue weighted by Gasteiger charge is -2.05. The van der Waals surface area contributed by atoms with Crippen molar-refractivity contribution in [3.05, 3.63) is 78.2 Å². The van der Waals surface area contributed by atoms with Crippen molar-refractivity contribution in [2.45, 2.75) is 26.7 Å². The van der Waals surface area contributed by atoms with E-state index in [2.05, 4.69) is 67.5 Å². The molecule has 0 aliphatic heterocycles. The molecule has 0 saturated carbocycles. The third-order valence-corrected chi connectivity index (χ3v) is 4.52. The predicted molar refractivity (Wildman–Crippen MR) is 103 cm³/mol. The zero-order valence-electron chi connectivity index (χ0n) is 14.6. The highest BCUT2D eigenvalue weighted by molar-refractivity contribution is 5.78. The molecule has 0 radical (unpaired) electrons. The Morgan fingerprint density at radius 1 is 0.920 bits per heavy atom. The summed E-state index contributed by atoms with van der Waals surface area (Å²) in [4.78, 5) is 4.69. The number of aromatic nitrogens is 3. The molecule has 3 heteroatoms. The van der Waals surface area contributed by atoms with Crippen molar-refractivity contribution >= 4 is 5.65 Å². The molecule has 0 saturated heterocycles. The maximum absolute atomic E-state index is 4.69. The highest BCUT2D eigenvalue weighted by atomic mass is 15.2. The number of aryl methyl sites for hydroxylation is 2. The number of benzene rings is 2. The first-order valence-corrected chi connectivity index (χ1v) is 8.74. The van der Waals surface area contributed by atoms with Gasteiger partial charge < -0.3 is 0 Å². The van der Waals surface area contributed by atoms with E-state index in [1.165, 1.54) is 16.7 Å².